The molecular formula is C37H59N8O14+3. The van der Waals surface area contributed by atoms with E-state index in [2.05, 4.69) is 0 Å². The number of hydrogen-bond acceptors (Lipinski definition) is 19. The summed E-state index contributed by atoms with van der Waals surface area (Å²) < 4.78 is 36.3. The summed E-state index contributed by atoms with van der Waals surface area (Å²) in [6.07, 6.45) is -4.07. The van der Waals surface area contributed by atoms with Crippen LogP contribution in [0.5, 0.6) is 11.5 Å². The number of rotatable bonds is 10. The Kier molecular flexibility index (Phi) is 16.6. The van der Waals surface area contributed by atoms with E-state index in [1.165, 1.54) is 59.4 Å². The van der Waals surface area contributed by atoms with Gasteiger partial charge in [-0.2, -0.15) is 17.5 Å². The van der Waals surface area contributed by atoms with Gasteiger partial charge >= 0.3 is 19.0 Å². The molecule has 2 saturated heterocycles. The molecule has 0 amide bonds. The summed E-state index contributed by atoms with van der Waals surface area (Å²) in [6, 6.07) is 6.14. The number of carbonyl (C=O) groups is 1. The molecule has 3 aliphatic rings. The summed E-state index contributed by atoms with van der Waals surface area (Å²) in [4.78, 5) is 13.0. The van der Waals surface area contributed by atoms with Crippen molar-refractivity contribution in [3.63, 3.8) is 0 Å². The van der Waals surface area contributed by atoms with E-state index in [0.717, 1.165) is 0 Å². The van der Waals surface area contributed by atoms with E-state index in [1.54, 1.807) is 25.3 Å². The molecular weight excluding hydrogens is 780 g/mol. The van der Waals surface area contributed by atoms with Crippen molar-refractivity contribution in [3.05, 3.63) is 77.1 Å². The number of methoxy groups -OCH3 is 3. The van der Waals surface area contributed by atoms with Crippen LogP contribution >= 0.6 is 0 Å². The summed E-state index contributed by atoms with van der Waals surface area (Å²) in [5.41, 5.74) is 14.0. The van der Waals surface area contributed by atoms with E-state index in [0.29, 0.717) is 16.7 Å². The van der Waals surface area contributed by atoms with Crippen LogP contribution in [0.25, 0.3) is 0 Å². The fourth-order valence-electron chi connectivity index (χ4n) is 7.47. The van der Waals surface area contributed by atoms with Gasteiger partial charge in [-0.25, -0.2) is 0 Å². The van der Waals surface area contributed by atoms with E-state index in [4.69, 9.17) is 57.4 Å². The van der Waals surface area contributed by atoms with E-state index >= 15 is 0 Å². The molecule has 2 aliphatic heterocycles. The molecule has 2 fully saturated rings. The Morgan fingerprint density at radius 3 is 1.78 bits per heavy atom. The molecule has 12 atom stereocenters. The first-order valence-corrected chi connectivity index (χ1v) is 18.6. The summed E-state index contributed by atoms with van der Waals surface area (Å²) in [7, 11) is 4.33. The maximum absolute atomic E-state index is 13.0. The Morgan fingerprint density at radius 2 is 1.27 bits per heavy atom. The first kappa shape index (κ1) is 47.3. The van der Waals surface area contributed by atoms with Crippen LogP contribution in [-0.2, 0) is 35.0 Å². The molecule has 6 rings (SSSR count). The molecule has 59 heavy (non-hydrogen) atoms. The second kappa shape index (κ2) is 20.7. The molecule has 22 nitrogen and oxygen atoms in total. The number of ether oxygens (including phenoxy) is 6. The highest BCUT2D eigenvalue weighted by Gasteiger charge is 2.50. The number of phenolic OH excluding ortho intramolecular Hbond substituents is 2. The third-order valence-electron chi connectivity index (χ3n) is 10.2. The average Bonchev–Trinajstić information content (AvgIpc) is 3.19. The van der Waals surface area contributed by atoms with Gasteiger partial charge in [0.05, 0.1) is 49.1 Å². The molecule has 328 valence electrons. The maximum Gasteiger partial charge on any atom is 0.473 e. The highest BCUT2D eigenvalue weighted by atomic mass is 16.7. The zero-order valence-electron chi connectivity index (χ0n) is 33.5. The van der Waals surface area contributed by atoms with Crippen molar-refractivity contribution < 1.29 is 83.0 Å². The van der Waals surface area contributed by atoms with Gasteiger partial charge in [-0.05, 0) is 34.7 Å². The summed E-state index contributed by atoms with van der Waals surface area (Å²) in [5, 5.41) is 69.7. The van der Waals surface area contributed by atoms with Crippen LogP contribution in [0.15, 0.2) is 49.3 Å². The molecule has 0 bridgehead atoms. The topological polar surface area (TPSA) is 356 Å². The predicted octanol–water partition coefficient (Wildman–Crippen LogP) is -5.53. The van der Waals surface area contributed by atoms with Crippen molar-refractivity contribution in [1.82, 2.24) is 0 Å². The number of aliphatic hydroxyl groups excluding tert-OH is 5. The zero-order valence-corrected chi connectivity index (χ0v) is 33.5. The van der Waals surface area contributed by atoms with Crippen LogP contribution in [0, 0.1) is 5.92 Å². The zero-order chi connectivity index (χ0) is 43.9. The molecule has 2 aromatic carbocycles. The fourth-order valence-corrected chi connectivity index (χ4v) is 7.47. The minimum Gasteiger partial charge on any atom is -0.507 e. The number of ketones is 1. The summed E-state index contributed by atoms with van der Waals surface area (Å²) in [5.74, 6) is 14.9. The van der Waals surface area contributed by atoms with Crippen LogP contribution in [0.1, 0.15) is 52.4 Å². The van der Waals surface area contributed by atoms with Gasteiger partial charge in [0, 0.05) is 41.3 Å². The summed E-state index contributed by atoms with van der Waals surface area (Å²) in [6.45, 7) is 2.89. The number of nitrogens with two attached hydrogens (primary N) is 5. The lowest BCUT2D eigenvalue weighted by atomic mass is 9.71. The van der Waals surface area contributed by atoms with Gasteiger partial charge in [0.2, 0.25) is 5.78 Å². The second-order valence-electron chi connectivity index (χ2n) is 14.5. The number of aromatic hydroxyl groups is 2. The van der Waals surface area contributed by atoms with Gasteiger partial charge in [-0.15, -0.1) is 0 Å². The highest BCUT2D eigenvalue weighted by molar-refractivity contribution is 6.16. The lowest BCUT2D eigenvalue weighted by molar-refractivity contribution is -0.896. The molecule has 17 N–H and O–H groups in total. The van der Waals surface area contributed by atoms with E-state index < -0.39 is 80.3 Å². The smallest absolute Gasteiger partial charge is 0.473 e. The van der Waals surface area contributed by atoms with Crippen molar-refractivity contribution in [2.24, 2.45) is 17.4 Å². The number of carbonyl (C=O) groups excluding carboxylic acids is 1. The maximum atomic E-state index is 13.0. The normalized spacial score (nSPS) is 29.3. The number of fused-ring (bicyclic) bond motifs is 2. The molecule has 0 radical (unpaired) electrons. The van der Waals surface area contributed by atoms with Crippen molar-refractivity contribution >= 4 is 5.78 Å². The quantitative estimate of drug-likeness (QED) is 0.0669. The highest BCUT2D eigenvalue weighted by Crippen LogP contribution is 2.46. The van der Waals surface area contributed by atoms with Crippen LogP contribution < -0.4 is 43.0 Å². The van der Waals surface area contributed by atoms with Crippen LogP contribution in [0.4, 0.5) is 0 Å². The standard InChI is InChI=1S/C20H22O5.C14H28N2O9.C3H9N6/c1-10(2)20(25-3)16-12-5-4-6-14(22)17(12)19(24)18-13(16)7-11(9-21)8-15(18)23;1-21-11-5(3-17)24-14(8(16)9(11)19)25-12-6(4-18)23-13(22-2)7(15)10(12)20;4-7-1-8(5)3-9(6)2-7/h4-8,10,16,20-23H,9H2,1-3H3;5-14,17-20H,3-4,15-16H2,1-2H3;1-3H,4-6H2/q;;+3. The van der Waals surface area contributed by atoms with Crippen LogP contribution in [0.2, 0.25) is 0 Å². The third kappa shape index (κ3) is 10.3. The third-order valence-corrected chi connectivity index (χ3v) is 10.2. The van der Waals surface area contributed by atoms with Gasteiger partial charge < -0.3 is 75.6 Å². The Morgan fingerprint density at radius 1 is 0.746 bits per heavy atom. The van der Waals surface area contributed by atoms with Gasteiger partial charge in [0.1, 0.15) is 48.1 Å². The number of aromatic nitrogens is 3. The molecule has 22 heteroatoms. The van der Waals surface area contributed by atoms with E-state index in [-0.39, 0.29) is 47.2 Å². The largest absolute Gasteiger partial charge is 0.507 e. The van der Waals surface area contributed by atoms with Crippen molar-refractivity contribution in [3.8, 4) is 11.5 Å². The number of aliphatic hydroxyl groups is 5. The molecule has 3 heterocycles. The minimum absolute atomic E-state index is 0.109. The van der Waals surface area contributed by atoms with Crippen molar-refractivity contribution in [2.45, 2.75) is 93.8 Å². The summed E-state index contributed by atoms with van der Waals surface area (Å²) >= 11 is 0. The van der Waals surface area contributed by atoms with E-state index in [1.807, 2.05) is 13.8 Å². The lowest BCUT2D eigenvalue weighted by Gasteiger charge is -2.47. The molecule has 12 unspecified atom stereocenters. The number of hydrogen-bond donors (Lipinski definition) is 12. The lowest BCUT2D eigenvalue weighted by Crippen LogP contribution is -2.67. The van der Waals surface area contributed by atoms with Gasteiger partial charge in [-0.1, -0.05) is 32.0 Å². The van der Waals surface area contributed by atoms with Gasteiger partial charge in [0.25, 0.3) is 0 Å². The number of phenols is 2. The number of benzene rings is 2. The predicted molar refractivity (Wildman–Crippen MR) is 203 cm³/mol. The average molecular weight is 840 g/mol. The van der Waals surface area contributed by atoms with Gasteiger partial charge in [-0.3, -0.25) is 4.79 Å². The fraction of sp³-hybridized carbons (Fsp3) is 0.568. The molecule has 3 aromatic rings. The van der Waals surface area contributed by atoms with Gasteiger partial charge in [0.15, 0.2) is 12.6 Å². The Bertz CT molecular complexity index is 1810. The first-order valence-electron chi connectivity index (χ1n) is 18.6. The van der Waals surface area contributed by atoms with Crippen LogP contribution in [0.3, 0.4) is 0 Å². The molecule has 1 aromatic heterocycles. The monoisotopic (exact) mass is 839 g/mol. The van der Waals surface area contributed by atoms with Crippen molar-refractivity contribution in [1.29, 1.82) is 0 Å². The van der Waals surface area contributed by atoms with Crippen LogP contribution in [-0.4, -0.2) is 143 Å². The Hall–Kier alpha value is -4.40. The van der Waals surface area contributed by atoms with E-state index in [9.17, 15) is 40.5 Å². The number of nitrogen functional groups attached to an aromatic ring is 3. The minimum atomic E-state index is -1.24. The SMILES string of the molecule is COC(C(C)C)C1c2cccc(O)c2C(=O)c2c(O)cc(CO)cc21.COC1OC(CO)C(OC2OC(CO)C(OC)C(O)C2N)C(O)C1N.N[n+]1c[n+](N)c[n+](N)c1. The molecule has 0 spiro atoms. The van der Waals surface area contributed by atoms with Crippen molar-refractivity contribution in [2.75, 3.05) is 52.1 Å². The number of nitrogens with zero attached hydrogens (tertiary/aromatic N) is 3. The Labute approximate surface area is 340 Å². The molecule has 0 saturated carbocycles. The molecule has 1 aliphatic carbocycles. The Balaban J connectivity index is 0.000000216. The second-order valence-corrected chi connectivity index (χ2v) is 14.5. The first-order chi connectivity index (χ1) is 28.0.